The van der Waals surface area contributed by atoms with Gasteiger partial charge in [0.25, 0.3) is 0 Å². The maximum atomic E-state index is 12.4. The quantitative estimate of drug-likeness (QED) is 0.584. The molecule has 0 aliphatic heterocycles. The van der Waals surface area contributed by atoms with E-state index in [0.717, 1.165) is 23.3 Å². The summed E-state index contributed by atoms with van der Waals surface area (Å²) in [5.41, 5.74) is 2.19. The fourth-order valence-corrected chi connectivity index (χ4v) is 3.09. The molecule has 0 spiro atoms. The van der Waals surface area contributed by atoms with E-state index in [2.05, 4.69) is 5.32 Å². The van der Waals surface area contributed by atoms with Gasteiger partial charge in [-0.2, -0.15) is 0 Å². The first-order chi connectivity index (χ1) is 13.9. The van der Waals surface area contributed by atoms with Crippen LogP contribution in [-0.4, -0.2) is 38.9 Å². The van der Waals surface area contributed by atoms with Crippen molar-refractivity contribution in [1.82, 2.24) is 5.32 Å². The molecule has 1 amide bonds. The zero-order valence-electron chi connectivity index (χ0n) is 17.5. The Hall–Kier alpha value is -2.24. The van der Waals surface area contributed by atoms with Crippen LogP contribution < -0.4 is 14.8 Å². The van der Waals surface area contributed by atoms with Crippen LogP contribution in [0.5, 0.6) is 11.5 Å². The van der Waals surface area contributed by atoms with Crippen LogP contribution in [0.4, 0.5) is 0 Å². The van der Waals surface area contributed by atoms with Crippen LogP contribution in [0.2, 0.25) is 5.02 Å². The summed E-state index contributed by atoms with van der Waals surface area (Å²) in [4.78, 5) is 12.4. The van der Waals surface area contributed by atoms with Crippen molar-refractivity contribution >= 4 is 17.5 Å². The average molecular weight is 420 g/mol. The second-order valence-electron chi connectivity index (χ2n) is 7.08. The number of rotatable bonds is 11. The van der Waals surface area contributed by atoms with Gasteiger partial charge in [0, 0.05) is 18.7 Å². The Balaban J connectivity index is 1.83. The summed E-state index contributed by atoms with van der Waals surface area (Å²) < 4.78 is 16.5. The third-order valence-electron chi connectivity index (χ3n) is 4.49. The summed E-state index contributed by atoms with van der Waals surface area (Å²) in [7, 11) is 3.18. The van der Waals surface area contributed by atoms with E-state index in [0.29, 0.717) is 30.2 Å². The van der Waals surface area contributed by atoms with Gasteiger partial charge in [-0.1, -0.05) is 29.8 Å². The molecule has 0 fully saturated rings. The summed E-state index contributed by atoms with van der Waals surface area (Å²) >= 11 is 5.91. The summed E-state index contributed by atoms with van der Waals surface area (Å²) in [6, 6.07) is 13.5. The third-order valence-corrected chi connectivity index (χ3v) is 4.74. The van der Waals surface area contributed by atoms with Crippen LogP contribution in [0.25, 0.3) is 0 Å². The van der Waals surface area contributed by atoms with Crippen molar-refractivity contribution in [3.05, 3.63) is 58.6 Å². The maximum Gasteiger partial charge on any atom is 0.249 e. The highest BCUT2D eigenvalue weighted by atomic mass is 35.5. The lowest BCUT2D eigenvalue weighted by molar-refractivity contribution is -0.131. The summed E-state index contributed by atoms with van der Waals surface area (Å²) in [5.74, 6) is 1.31. The van der Waals surface area contributed by atoms with Crippen LogP contribution in [0.1, 0.15) is 31.4 Å². The highest BCUT2D eigenvalue weighted by Crippen LogP contribution is 2.29. The number of amides is 1. The number of carbonyl (C=O) groups is 1. The van der Waals surface area contributed by atoms with Gasteiger partial charge in [0.05, 0.1) is 13.2 Å². The second kappa shape index (κ2) is 11.7. The molecule has 0 aliphatic carbocycles. The highest BCUT2D eigenvalue weighted by molar-refractivity contribution is 6.30. The number of nitrogens with one attached hydrogen (secondary N) is 1. The van der Waals surface area contributed by atoms with Gasteiger partial charge in [0.1, 0.15) is 6.10 Å². The standard InChI is InChI=1S/C23H30ClNO4/c1-16(2)29-20-11-8-18(15-22(20)28-4)13-14-25-23(26)21(27-3)12-7-17-5-9-19(24)10-6-17/h5-6,8-11,15-16,21H,7,12-14H2,1-4H3,(H,25,26). The topological polar surface area (TPSA) is 56.8 Å². The van der Waals surface area contributed by atoms with E-state index in [1.165, 1.54) is 0 Å². The fraction of sp³-hybridized carbons (Fsp3) is 0.435. The van der Waals surface area contributed by atoms with E-state index < -0.39 is 6.10 Å². The van der Waals surface area contributed by atoms with Crippen molar-refractivity contribution in [2.75, 3.05) is 20.8 Å². The average Bonchev–Trinajstić information content (AvgIpc) is 2.70. The normalized spacial score (nSPS) is 11.9. The van der Waals surface area contributed by atoms with Crippen molar-refractivity contribution in [2.24, 2.45) is 0 Å². The van der Waals surface area contributed by atoms with Crippen molar-refractivity contribution in [3.63, 3.8) is 0 Å². The Morgan fingerprint density at radius 3 is 2.31 bits per heavy atom. The SMILES string of the molecule is COc1cc(CCNC(=O)C(CCc2ccc(Cl)cc2)OC)ccc1OC(C)C. The molecule has 2 aromatic rings. The Bertz CT molecular complexity index is 777. The Labute approximate surface area is 178 Å². The molecule has 1 unspecified atom stereocenters. The molecule has 158 valence electrons. The lowest BCUT2D eigenvalue weighted by Gasteiger charge is -2.16. The van der Waals surface area contributed by atoms with E-state index in [-0.39, 0.29) is 12.0 Å². The maximum absolute atomic E-state index is 12.4. The molecule has 0 saturated heterocycles. The second-order valence-corrected chi connectivity index (χ2v) is 7.52. The van der Waals surface area contributed by atoms with Gasteiger partial charge in [0.2, 0.25) is 5.91 Å². The first-order valence-electron chi connectivity index (χ1n) is 9.81. The number of aryl methyl sites for hydroxylation is 1. The number of ether oxygens (including phenoxy) is 3. The highest BCUT2D eigenvalue weighted by Gasteiger charge is 2.17. The molecule has 1 N–H and O–H groups in total. The molecule has 0 saturated carbocycles. The molecule has 0 aliphatic rings. The lowest BCUT2D eigenvalue weighted by atomic mass is 10.1. The predicted octanol–water partition coefficient (Wildman–Crippen LogP) is 4.44. The van der Waals surface area contributed by atoms with Gasteiger partial charge in [0.15, 0.2) is 11.5 Å². The first-order valence-corrected chi connectivity index (χ1v) is 10.2. The Morgan fingerprint density at radius 2 is 1.69 bits per heavy atom. The largest absolute Gasteiger partial charge is 0.493 e. The third kappa shape index (κ3) is 7.59. The smallest absolute Gasteiger partial charge is 0.249 e. The molecular formula is C23H30ClNO4. The van der Waals surface area contributed by atoms with E-state index in [4.69, 9.17) is 25.8 Å². The van der Waals surface area contributed by atoms with Gasteiger partial charge < -0.3 is 19.5 Å². The molecule has 1 atom stereocenters. The van der Waals surface area contributed by atoms with E-state index >= 15 is 0 Å². The molecule has 2 rings (SSSR count). The van der Waals surface area contributed by atoms with E-state index in [1.54, 1.807) is 14.2 Å². The van der Waals surface area contributed by atoms with E-state index in [9.17, 15) is 4.79 Å². The number of carbonyl (C=O) groups excluding carboxylic acids is 1. The van der Waals surface area contributed by atoms with Gasteiger partial charge in [-0.25, -0.2) is 0 Å². The van der Waals surface area contributed by atoms with Crippen LogP contribution >= 0.6 is 11.6 Å². The Morgan fingerprint density at radius 1 is 1.00 bits per heavy atom. The van der Waals surface area contributed by atoms with E-state index in [1.807, 2.05) is 56.3 Å². The van der Waals surface area contributed by atoms with Crippen LogP contribution in [0.15, 0.2) is 42.5 Å². The minimum absolute atomic E-state index is 0.0767. The molecule has 0 heterocycles. The Kier molecular flexibility index (Phi) is 9.29. The molecule has 0 bridgehead atoms. The molecule has 0 radical (unpaired) electrons. The zero-order valence-corrected chi connectivity index (χ0v) is 18.3. The molecule has 5 nitrogen and oxygen atoms in total. The predicted molar refractivity (Wildman–Crippen MR) is 116 cm³/mol. The fourth-order valence-electron chi connectivity index (χ4n) is 2.97. The minimum atomic E-state index is -0.484. The molecule has 2 aromatic carbocycles. The zero-order chi connectivity index (χ0) is 21.2. The monoisotopic (exact) mass is 419 g/mol. The number of halogens is 1. The van der Waals surface area contributed by atoms with Crippen LogP contribution in [0.3, 0.4) is 0 Å². The number of hydrogen-bond donors (Lipinski definition) is 1. The molecular weight excluding hydrogens is 390 g/mol. The van der Waals surface area contributed by atoms with Gasteiger partial charge >= 0.3 is 0 Å². The summed E-state index contributed by atoms with van der Waals surface area (Å²) in [6.07, 6.45) is 1.64. The molecule has 0 aromatic heterocycles. The minimum Gasteiger partial charge on any atom is -0.493 e. The van der Waals surface area contributed by atoms with Crippen molar-refractivity contribution in [1.29, 1.82) is 0 Å². The van der Waals surface area contributed by atoms with Crippen molar-refractivity contribution in [3.8, 4) is 11.5 Å². The van der Waals surface area contributed by atoms with Crippen molar-refractivity contribution < 1.29 is 19.0 Å². The van der Waals surface area contributed by atoms with Crippen molar-refractivity contribution in [2.45, 2.75) is 45.3 Å². The molecule has 6 heteroatoms. The van der Waals surface area contributed by atoms with Gasteiger partial charge in [-0.05, 0) is 68.5 Å². The molecule has 29 heavy (non-hydrogen) atoms. The summed E-state index contributed by atoms with van der Waals surface area (Å²) in [6.45, 7) is 4.47. The van der Waals surface area contributed by atoms with Crippen LogP contribution in [-0.2, 0) is 22.4 Å². The first kappa shape index (κ1) is 23.0. The summed E-state index contributed by atoms with van der Waals surface area (Å²) in [5, 5.41) is 3.66. The number of hydrogen-bond acceptors (Lipinski definition) is 4. The van der Waals surface area contributed by atoms with Gasteiger partial charge in [-0.15, -0.1) is 0 Å². The number of benzene rings is 2. The van der Waals surface area contributed by atoms with Gasteiger partial charge in [-0.3, -0.25) is 4.79 Å². The van der Waals surface area contributed by atoms with Crippen LogP contribution in [0, 0.1) is 0 Å². The number of methoxy groups -OCH3 is 2. The lowest BCUT2D eigenvalue weighted by Crippen LogP contribution is -2.37.